The first-order valence-corrected chi connectivity index (χ1v) is 5.92. The molecular weight excluding hydrogens is 222 g/mol. The zero-order valence-corrected chi connectivity index (χ0v) is 10.1. The van der Waals surface area contributed by atoms with Crippen molar-refractivity contribution >= 4 is 17.2 Å². The number of aromatic nitrogens is 1. The number of hydrogen-bond donors (Lipinski definition) is 1. The molecule has 2 nitrogen and oxygen atoms in total. The van der Waals surface area contributed by atoms with Crippen LogP contribution >= 0.6 is 0 Å². The fourth-order valence-electron chi connectivity index (χ4n) is 2.32. The van der Waals surface area contributed by atoms with Gasteiger partial charge in [0.15, 0.2) is 6.29 Å². The van der Waals surface area contributed by atoms with Crippen molar-refractivity contribution in [3.05, 3.63) is 59.8 Å². The molecule has 0 saturated heterocycles. The molecule has 0 aliphatic rings. The Kier molecular flexibility index (Phi) is 2.49. The van der Waals surface area contributed by atoms with Gasteiger partial charge >= 0.3 is 0 Å². The van der Waals surface area contributed by atoms with Crippen molar-refractivity contribution in [3.8, 4) is 11.1 Å². The van der Waals surface area contributed by atoms with Crippen molar-refractivity contribution in [3.63, 3.8) is 0 Å². The van der Waals surface area contributed by atoms with Crippen LogP contribution < -0.4 is 0 Å². The van der Waals surface area contributed by atoms with Crippen molar-refractivity contribution in [2.24, 2.45) is 0 Å². The fraction of sp³-hybridized carbons (Fsp3) is 0.0625. The van der Waals surface area contributed by atoms with E-state index in [1.54, 1.807) is 0 Å². The smallest absolute Gasteiger partial charge is 0.152 e. The van der Waals surface area contributed by atoms with Gasteiger partial charge in [-0.1, -0.05) is 42.5 Å². The number of benzene rings is 2. The third-order valence-corrected chi connectivity index (χ3v) is 3.26. The summed E-state index contributed by atoms with van der Waals surface area (Å²) in [6, 6.07) is 16.4. The maximum atomic E-state index is 11.0. The van der Waals surface area contributed by atoms with Gasteiger partial charge in [0, 0.05) is 22.2 Å². The molecule has 0 amide bonds. The van der Waals surface area contributed by atoms with Crippen molar-refractivity contribution in [2.75, 3.05) is 0 Å². The standard InChI is InChI=1S/C16H13NO/c1-11-15(10-18)14-8-7-13(9-16(14)17-11)12-5-3-2-4-6-12/h2-10,17H,1H3. The Balaban J connectivity index is 2.21. The van der Waals surface area contributed by atoms with Gasteiger partial charge in [-0.25, -0.2) is 0 Å². The Bertz CT molecular complexity index is 711. The number of carbonyl (C=O) groups excluding carboxylic acids is 1. The summed E-state index contributed by atoms with van der Waals surface area (Å²) in [5.74, 6) is 0. The number of rotatable bonds is 2. The Morgan fingerprint density at radius 3 is 2.50 bits per heavy atom. The lowest BCUT2D eigenvalue weighted by molar-refractivity contribution is 0.112. The first-order valence-electron chi connectivity index (χ1n) is 5.92. The topological polar surface area (TPSA) is 32.9 Å². The van der Waals surface area contributed by atoms with E-state index in [0.717, 1.165) is 34.0 Å². The zero-order valence-electron chi connectivity index (χ0n) is 10.1. The van der Waals surface area contributed by atoms with E-state index in [-0.39, 0.29) is 0 Å². The summed E-state index contributed by atoms with van der Waals surface area (Å²) in [6.45, 7) is 1.92. The van der Waals surface area contributed by atoms with E-state index in [4.69, 9.17) is 0 Å². The molecule has 0 saturated carbocycles. The number of carbonyl (C=O) groups is 1. The summed E-state index contributed by atoms with van der Waals surface area (Å²) in [4.78, 5) is 14.3. The Morgan fingerprint density at radius 2 is 1.78 bits per heavy atom. The molecule has 0 radical (unpaired) electrons. The van der Waals surface area contributed by atoms with Gasteiger partial charge in [-0.15, -0.1) is 0 Å². The van der Waals surface area contributed by atoms with Crippen LogP contribution in [0.4, 0.5) is 0 Å². The Hall–Kier alpha value is -2.35. The highest BCUT2D eigenvalue weighted by molar-refractivity contribution is 6.00. The van der Waals surface area contributed by atoms with E-state index < -0.39 is 0 Å². The van der Waals surface area contributed by atoms with E-state index in [0.29, 0.717) is 0 Å². The minimum absolute atomic E-state index is 0.754. The molecule has 2 aromatic carbocycles. The molecule has 3 aromatic rings. The lowest BCUT2D eigenvalue weighted by Crippen LogP contribution is -1.80. The van der Waals surface area contributed by atoms with E-state index in [2.05, 4.69) is 29.2 Å². The molecule has 1 N–H and O–H groups in total. The molecule has 0 aliphatic carbocycles. The van der Waals surface area contributed by atoms with Crippen LogP contribution in [0.15, 0.2) is 48.5 Å². The fourth-order valence-corrected chi connectivity index (χ4v) is 2.32. The summed E-state index contributed by atoms with van der Waals surface area (Å²) in [5, 5.41) is 0.988. The molecule has 0 aliphatic heterocycles. The van der Waals surface area contributed by atoms with Crippen LogP contribution in [0.5, 0.6) is 0 Å². The minimum atomic E-state index is 0.754. The van der Waals surface area contributed by atoms with Gasteiger partial charge in [-0.2, -0.15) is 0 Å². The molecule has 0 unspecified atom stereocenters. The largest absolute Gasteiger partial charge is 0.358 e. The lowest BCUT2D eigenvalue weighted by atomic mass is 10.0. The molecule has 0 spiro atoms. The molecule has 3 rings (SSSR count). The first kappa shape index (κ1) is 10.8. The van der Waals surface area contributed by atoms with Gasteiger partial charge in [0.1, 0.15) is 0 Å². The molecule has 18 heavy (non-hydrogen) atoms. The highest BCUT2D eigenvalue weighted by Gasteiger charge is 2.08. The SMILES string of the molecule is Cc1[nH]c2cc(-c3ccccc3)ccc2c1C=O. The monoisotopic (exact) mass is 235 g/mol. The average Bonchev–Trinajstić information content (AvgIpc) is 2.74. The van der Waals surface area contributed by atoms with Crippen LogP contribution in [0.1, 0.15) is 16.1 Å². The quantitative estimate of drug-likeness (QED) is 0.670. The number of aldehydes is 1. The van der Waals surface area contributed by atoms with Gasteiger partial charge in [0.25, 0.3) is 0 Å². The molecule has 0 atom stereocenters. The normalized spacial score (nSPS) is 10.7. The van der Waals surface area contributed by atoms with Gasteiger partial charge in [0.05, 0.1) is 0 Å². The Morgan fingerprint density at radius 1 is 1.00 bits per heavy atom. The summed E-state index contributed by atoms with van der Waals surface area (Å²) in [6.07, 6.45) is 0.913. The molecule has 0 bridgehead atoms. The van der Waals surface area contributed by atoms with Crippen LogP contribution in [-0.4, -0.2) is 11.3 Å². The number of nitrogens with one attached hydrogen (secondary N) is 1. The number of H-pyrrole nitrogens is 1. The van der Waals surface area contributed by atoms with Crippen molar-refractivity contribution in [2.45, 2.75) is 6.92 Å². The second-order valence-electron chi connectivity index (χ2n) is 4.41. The van der Waals surface area contributed by atoms with Gasteiger partial charge in [-0.05, 0) is 24.1 Å². The van der Waals surface area contributed by atoms with Crippen LogP contribution in [0.25, 0.3) is 22.0 Å². The second-order valence-corrected chi connectivity index (χ2v) is 4.41. The molecule has 0 fully saturated rings. The molecule has 1 heterocycles. The number of hydrogen-bond acceptors (Lipinski definition) is 1. The molecular formula is C16H13NO. The highest BCUT2D eigenvalue weighted by atomic mass is 16.1. The van der Waals surface area contributed by atoms with Crippen molar-refractivity contribution in [1.29, 1.82) is 0 Å². The van der Waals surface area contributed by atoms with E-state index >= 15 is 0 Å². The van der Waals surface area contributed by atoms with Crippen LogP contribution in [0.3, 0.4) is 0 Å². The Labute approximate surface area is 105 Å². The van der Waals surface area contributed by atoms with Gasteiger partial charge < -0.3 is 4.98 Å². The van der Waals surface area contributed by atoms with E-state index in [1.165, 1.54) is 5.56 Å². The van der Waals surface area contributed by atoms with Crippen LogP contribution in [0, 0.1) is 6.92 Å². The van der Waals surface area contributed by atoms with Gasteiger partial charge in [0.2, 0.25) is 0 Å². The zero-order chi connectivity index (χ0) is 12.5. The first-order chi connectivity index (χ1) is 8.79. The summed E-state index contributed by atoms with van der Waals surface area (Å²) >= 11 is 0. The third kappa shape index (κ3) is 1.63. The van der Waals surface area contributed by atoms with Crippen molar-refractivity contribution in [1.82, 2.24) is 4.98 Å². The number of fused-ring (bicyclic) bond motifs is 1. The number of aromatic amines is 1. The summed E-state index contributed by atoms with van der Waals surface area (Å²) in [5.41, 5.74) is 5.02. The lowest BCUT2D eigenvalue weighted by Gasteiger charge is -2.01. The minimum Gasteiger partial charge on any atom is -0.358 e. The predicted octanol–water partition coefficient (Wildman–Crippen LogP) is 3.96. The van der Waals surface area contributed by atoms with Crippen molar-refractivity contribution < 1.29 is 4.79 Å². The molecule has 2 heteroatoms. The number of aryl methyl sites for hydroxylation is 1. The molecule has 88 valence electrons. The second kappa shape index (κ2) is 4.15. The summed E-state index contributed by atoms with van der Waals surface area (Å²) < 4.78 is 0. The maximum Gasteiger partial charge on any atom is 0.152 e. The third-order valence-electron chi connectivity index (χ3n) is 3.26. The van der Waals surface area contributed by atoms with E-state index in [9.17, 15) is 4.79 Å². The highest BCUT2D eigenvalue weighted by Crippen LogP contribution is 2.26. The van der Waals surface area contributed by atoms with Gasteiger partial charge in [-0.3, -0.25) is 4.79 Å². The van der Waals surface area contributed by atoms with E-state index in [1.807, 2.05) is 31.2 Å². The predicted molar refractivity (Wildman–Crippen MR) is 73.9 cm³/mol. The summed E-state index contributed by atoms with van der Waals surface area (Å²) in [7, 11) is 0. The molecule has 1 aromatic heterocycles. The van der Waals surface area contributed by atoms with Crippen LogP contribution in [-0.2, 0) is 0 Å². The van der Waals surface area contributed by atoms with Crippen LogP contribution in [0.2, 0.25) is 0 Å². The maximum absolute atomic E-state index is 11.0. The average molecular weight is 235 g/mol.